The number of nitrogens with zero attached hydrogens (tertiary/aromatic N) is 4. The van der Waals surface area contributed by atoms with Gasteiger partial charge >= 0.3 is 0 Å². The SMILES string of the molecule is Cn1nc(C(=O)NCC(=O)N2CCN(c3cccc(Cl)c3)CC2)c2ccccc2c1=O. The first-order valence-corrected chi connectivity index (χ1v) is 10.3. The van der Waals surface area contributed by atoms with Gasteiger partial charge in [0.2, 0.25) is 5.91 Å². The summed E-state index contributed by atoms with van der Waals surface area (Å²) in [5.41, 5.74) is 0.873. The van der Waals surface area contributed by atoms with Gasteiger partial charge in [-0.25, -0.2) is 4.68 Å². The van der Waals surface area contributed by atoms with E-state index < -0.39 is 5.91 Å². The third-order valence-electron chi connectivity index (χ3n) is 5.38. The highest BCUT2D eigenvalue weighted by Crippen LogP contribution is 2.20. The molecule has 2 aromatic carbocycles. The van der Waals surface area contributed by atoms with E-state index in [0.29, 0.717) is 42.0 Å². The molecule has 1 fully saturated rings. The normalized spacial score (nSPS) is 14.0. The molecule has 1 aromatic heterocycles. The van der Waals surface area contributed by atoms with Crippen molar-refractivity contribution in [3.05, 3.63) is 69.6 Å². The predicted octanol–water partition coefficient (Wildman–Crippen LogP) is 1.67. The van der Waals surface area contributed by atoms with Crippen LogP contribution in [0.3, 0.4) is 0 Å². The van der Waals surface area contributed by atoms with Crippen LogP contribution < -0.4 is 15.8 Å². The second kappa shape index (κ2) is 8.77. The van der Waals surface area contributed by atoms with Crippen LogP contribution in [0.4, 0.5) is 5.69 Å². The van der Waals surface area contributed by atoms with E-state index in [1.807, 2.05) is 24.3 Å². The number of fused-ring (bicyclic) bond motifs is 1. The molecule has 2 amide bonds. The average molecular weight is 440 g/mol. The summed E-state index contributed by atoms with van der Waals surface area (Å²) < 4.78 is 1.13. The molecule has 2 heterocycles. The quantitative estimate of drug-likeness (QED) is 0.668. The number of benzene rings is 2. The molecular weight excluding hydrogens is 418 g/mol. The summed E-state index contributed by atoms with van der Waals surface area (Å²) in [6, 6.07) is 14.4. The number of rotatable bonds is 4. The van der Waals surface area contributed by atoms with Crippen LogP contribution in [0.15, 0.2) is 53.3 Å². The molecule has 1 N–H and O–H groups in total. The van der Waals surface area contributed by atoms with Crippen molar-refractivity contribution in [2.75, 3.05) is 37.6 Å². The molecule has 31 heavy (non-hydrogen) atoms. The molecule has 0 atom stereocenters. The van der Waals surface area contributed by atoms with E-state index in [4.69, 9.17) is 11.6 Å². The Balaban J connectivity index is 1.38. The van der Waals surface area contributed by atoms with Crippen molar-refractivity contribution in [3.8, 4) is 0 Å². The number of anilines is 1. The minimum absolute atomic E-state index is 0.122. The highest BCUT2D eigenvalue weighted by Gasteiger charge is 2.23. The Bertz CT molecular complexity index is 1200. The Labute approximate surface area is 184 Å². The van der Waals surface area contributed by atoms with Crippen LogP contribution in [-0.2, 0) is 11.8 Å². The fourth-order valence-electron chi connectivity index (χ4n) is 3.71. The molecule has 0 aliphatic carbocycles. The van der Waals surface area contributed by atoms with Gasteiger partial charge in [0.25, 0.3) is 11.5 Å². The lowest BCUT2D eigenvalue weighted by molar-refractivity contribution is -0.130. The molecule has 0 radical (unpaired) electrons. The van der Waals surface area contributed by atoms with Crippen molar-refractivity contribution < 1.29 is 9.59 Å². The van der Waals surface area contributed by atoms with Gasteiger partial charge in [-0.1, -0.05) is 35.9 Å². The number of halogens is 1. The van der Waals surface area contributed by atoms with Gasteiger partial charge in [-0.2, -0.15) is 5.10 Å². The maximum absolute atomic E-state index is 12.7. The number of carbonyl (C=O) groups excluding carboxylic acids is 2. The van der Waals surface area contributed by atoms with E-state index in [9.17, 15) is 14.4 Å². The van der Waals surface area contributed by atoms with Gasteiger partial charge < -0.3 is 15.1 Å². The fraction of sp³-hybridized carbons (Fsp3) is 0.273. The third kappa shape index (κ3) is 4.39. The van der Waals surface area contributed by atoms with Crippen molar-refractivity contribution in [1.82, 2.24) is 20.0 Å². The third-order valence-corrected chi connectivity index (χ3v) is 5.61. The molecule has 3 aromatic rings. The monoisotopic (exact) mass is 439 g/mol. The molecule has 1 aliphatic heterocycles. The molecule has 1 saturated heterocycles. The van der Waals surface area contributed by atoms with Gasteiger partial charge in [0.15, 0.2) is 5.69 Å². The lowest BCUT2D eigenvalue weighted by Crippen LogP contribution is -2.51. The van der Waals surface area contributed by atoms with E-state index in [2.05, 4.69) is 15.3 Å². The number of amides is 2. The van der Waals surface area contributed by atoms with E-state index in [0.717, 1.165) is 10.4 Å². The average Bonchev–Trinajstić information content (AvgIpc) is 2.79. The zero-order chi connectivity index (χ0) is 22.0. The zero-order valence-corrected chi connectivity index (χ0v) is 17.8. The number of hydrogen-bond donors (Lipinski definition) is 1. The number of aryl methyl sites for hydroxylation is 1. The van der Waals surface area contributed by atoms with Gasteiger partial charge in [-0.15, -0.1) is 0 Å². The number of carbonyl (C=O) groups is 2. The lowest BCUT2D eigenvalue weighted by atomic mass is 10.1. The van der Waals surface area contributed by atoms with Crippen LogP contribution in [0.2, 0.25) is 5.02 Å². The Morgan fingerprint density at radius 3 is 2.45 bits per heavy atom. The minimum atomic E-state index is -0.488. The van der Waals surface area contributed by atoms with Crippen LogP contribution in [0, 0.1) is 0 Å². The predicted molar refractivity (Wildman–Crippen MR) is 120 cm³/mol. The lowest BCUT2D eigenvalue weighted by Gasteiger charge is -2.36. The van der Waals surface area contributed by atoms with Crippen LogP contribution in [0.25, 0.3) is 10.8 Å². The van der Waals surface area contributed by atoms with Crippen molar-refractivity contribution in [2.24, 2.45) is 7.05 Å². The Morgan fingerprint density at radius 2 is 1.74 bits per heavy atom. The summed E-state index contributed by atoms with van der Waals surface area (Å²) in [5, 5.41) is 8.29. The first-order valence-electron chi connectivity index (χ1n) is 9.96. The van der Waals surface area contributed by atoms with Crippen LogP contribution >= 0.6 is 11.6 Å². The Hall–Kier alpha value is -3.39. The second-order valence-corrected chi connectivity index (χ2v) is 7.79. The summed E-state index contributed by atoms with van der Waals surface area (Å²) in [5.74, 6) is -0.647. The standard InChI is InChI=1S/C22H22ClN5O3/c1-26-22(31)18-8-3-2-7-17(18)20(25-26)21(30)24-14-19(29)28-11-9-27(10-12-28)16-6-4-5-15(23)13-16/h2-8,13H,9-12,14H2,1H3,(H,24,30). The van der Waals surface area contributed by atoms with E-state index >= 15 is 0 Å². The molecule has 8 nitrogen and oxygen atoms in total. The molecule has 0 spiro atoms. The summed E-state index contributed by atoms with van der Waals surface area (Å²) in [6.45, 7) is 2.36. The van der Waals surface area contributed by atoms with Gasteiger partial charge in [-0.05, 0) is 24.3 Å². The van der Waals surface area contributed by atoms with E-state index in [1.54, 1.807) is 29.2 Å². The van der Waals surface area contributed by atoms with Crippen molar-refractivity contribution in [1.29, 1.82) is 0 Å². The number of piperazine rings is 1. The fourth-order valence-corrected chi connectivity index (χ4v) is 3.89. The highest BCUT2D eigenvalue weighted by atomic mass is 35.5. The van der Waals surface area contributed by atoms with Gasteiger partial charge in [0.1, 0.15) is 0 Å². The summed E-state index contributed by atoms with van der Waals surface area (Å²) >= 11 is 6.06. The molecule has 160 valence electrons. The Morgan fingerprint density at radius 1 is 1.03 bits per heavy atom. The van der Waals surface area contributed by atoms with Crippen LogP contribution in [-0.4, -0.2) is 59.2 Å². The number of nitrogens with one attached hydrogen (secondary N) is 1. The van der Waals surface area contributed by atoms with Crippen molar-refractivity contribution in [3.63, 3.8) is 0 Å². The maximum Gasteiger partial charge on any atom is 0.274 e. The summed E-state index contributed by atoms with van der Waals surface area (Å²) in [4.78, 5) is 41.4. The van der Waals surface area contributed by atoms with Crippen LogP contribution in [0.1, 0.15) is 10.5 Å². The number of hydrogen-bond acceptors (Lipinski definition) is 5. The molecule has 9 heteroatoms. The van der Waals surface area contributed by atoms with E-state index in [-0.39, 0.29) is 23.7 Å². The molecule has 0 unspecified atom stereocenters. The topological polar surface area (TPSA) is 87.5 Å². The molecular formula is C22H22ClN5O3. The number of aromatic nitrogens is 2. The smallest absolute Gasteiger partial charge is 0.274 e. The zero-order valence-electron chi connectivity index (χ0n) is 17.0. The molecule has 4 rings (SSSR count). The Kier molecular flexibility index (Phi) is 5.90. The van der Waals surface area contributed by atoms with Crippen LogP contribution in [0.5, 0.6) is 0 Å². The second-order valence-electron chi connectivity index (χ2n) is 7.35. The van der Waals surface area contributed by atoms with Gasteiger partial charge in [0.05, 0.1) is 11.9 Å². The van der Waals surface area contributed by atoms with Gasteiger partial charge in [0, 0.05) is 49.3 Å². The first-order chi connectivity index (χ1) is 14.9. The molecule has 0 saturated carbocycles. The van der Waals surface area contributed by atoms with Gasteiger partial charge in [-0.3, -0.25) is 14.4 Å². The maximum atomic E-state index is 12.7. The van der Waals surface area contributed by atoms with E-state index in [1.165, 1.54) is 7.05 Å². The molecule has 0 bridgehead atoms. The summed E-state index contributed by atoms with van der Waals surface area (Å²) in [7, 11) is 1.50. The highest BCUT2D eigenvalue weighted by molar-refractivity contribution is 6.30. The largest absolute Gasteiger partial charge is 0.368 e. The molecule has 1 aliphatic rings. The van der Waals surface area contributed by atoms with Crippen molar-refractivity contribution in [2.45, 2.75) is 0 Å². The minimum Gasteiger partial charge on any atom is -0.368 e. The summed E-state index contributed by atoms with van der Waals surface area (Å²) in [6.07, 6.45) is 0. The first kappa shape index (κ1) is 20.9. The van der Waals surface area contributed by atoms with Crippen molar-refractivity contribution >= 4 is 39.9 Å².